The molecule has 0 radical (unpaired) electrons. The summed E-state index contributed by atoms with van der Waals surface area (Å²) in [6.45, 7) is 7.20. The minimum Gasteiger partial charge on any atom is -0.443 e. The summed E-state index contributed by atoms with van der Waals surface area (Å²) in [5.74, 6) is -0.713. The third kappa shape index (κ3) is 4.10. The number of amides is 2. The highest BCUT2D eigenvalue weighted by molar-refractivity contribution is 6.01. The van der Waals surface area contributed by atoms with Crippen molar-refractivity contribution in [3.05, 3.63) is 47.5 Å². The summed E-state index contributed by atoms with van der Waals surface area (Å²) in [7, 11) is 0. The number of carbonyl (C=O) groups excluding carboxylic acids is 3. The van der Waals surface area contributed by atoms with Crippen molar-refractivity contribution >= 4 is 18.3 Å². The number of carbonyl (C=O) groups is 3. The summed E-state index contributed by atoms with van der Waals surface area (Å²) in [6.07, 6.45) is 3.37. The molecule has 1 heterocycles. The second-order valence-corrected chi connectivity index (χ2v) is 6.96. The van der Waals surface area contributed by atoms with Crippen molar-refractivity contribution in [1.82, 2.24) is 4.90 Å². The van der Waals surface area contributed by atoms with Crippen molar-refractivity contribution in [1.29, 1.82) is 0 Å². The number of ether oxygens (including phenoxy) is 1. The van der Waals surface area contributed by atoms with Crippen LogP contribution in [0.2, 0.25) is 0 Å². The van der Waals surface area contributed by atoms with Crippen LogP contribution in [-0.4, -0.2) is 34.8 Å². The predicted molar refractivity (Wildman–Crippen MR) is 90.6 cm³/mol. The second kappa shape index (κ2) is 6.99. The Balaban J connectivity index is 2.34. The van der Waals surface area contributed by atoms with E-state index in [4.69, 9.17) is 4.74 Å². The van der Waals surface area contributed by atoms with Crippen molar-refractivity contribution in [3.8, 4) is 0 Å². The number of hydrogen-bond donors (Lipinski definition) is 0. The zero-order valence-electron chi connectivity index (χ0n) is 14.5. The lowest BCUT2D eigenvalue weighted by molar-refractivity contribution is -0.126. The van der Waals surface area contributed by atoms with Crippen LogP contribution < -0.4 is 0 Å². The van der Waals surface area contributed by atoms with Crippen LogP contribution in [0.1, 0.15) is 44.2 Å². The van der Waals surface area contributed by atoms with Crippen LogP contribution in [0.15, 0.2) is 36.4 Å². The fourth-order valence-electron chi connectivity index (χ4n) is 2.81. The SMILES string of the molecule is Cc1cccc([C@H](CC=O)[C@H]2C=CC(=O)N2C(=O)OC(C)(C)C)c1. The van der Waals surface area contributed by atoms with E-state index in [0.29, 0.717) is 0 Å². The summed E-state index contributed by atoms with van der Waals surface area (Å²) in [5, 5.41) is 0. The zero-order chi connectivity index (χ0) is 17.9. The summed E-state index contributed by atoms with van der Waals surface area (Å²) in [6, 6.07) is 7.21. The first-order valence-electron chi connectivity index (χ1n) is 7.97. The molecule has 0 fully saturated rings. The van der Waals surface area contributed by atoms with E-state index in [2.05, 4.69) is 0 Å². The van der Waals surface area contributed by atoms with E-state index in [1.54, 1.807) is 26.8 Å². The molecule has 1 aliphatic rings. The average Bonchev–Trinajstić information content (AvgIpc) is 2.84. The van der Waals surface area contributed by atoms with Gasteiger partial charge in [0.1, 0.15) is 11.9 Å². The molecule has 0 bridgehead atoms. The molecule has 2 rings (SSSR count). The van der Waals surface area contributed by atoms with E-state index in [1.165, 1.54) is 6.08 Å². The van der Waals surface area contributed by atoms with Gasteiger partial charge in [-0.1, -0.05) is 35.9 Å². The van der Waals surface area contributed by atoms with Gasteiger partial charge in [0, 0.05) is 18.4 Å². The number of rotatable bonds is 4. The third-order valence-corrected chi connectivity index (χ3v) is 3.79. The monoisotopic (exact) mass is 329 g/mol. The fourth-order valence-corrected chi connectivity index (χ4v) is 2.81. The van der Waals surface area contributed by atoms with Gasteiger partial charge in [0.25, 0.3) is 5.91 Å². The van der Waals surface area contributed by atoms with Crippen molar-refractivity contribution < 1.29 is 19.1 Å². The maximum atomic E-state index is 12.4. The van der Waals surface area contributed by atoms with E-state index >= 15 is 0 Å². The summed E-state index contributed by atoms with van der Waals surface area (Å²) in [5.41, 5.74) is 1.27. The van der Waals surface area contributed by atoms with Crippen LogP contribution in [0.3, 0.4) is 0 Å². The van der Waals surface area contributed by atoms with Gasteiger partial charge in [0.05, 0.1) is 6.04 Å². The van der Waals surface area contributed by atoms with Crippen LogP contribution in [0.25, 0.3) is 0 Å². The summed E-state index contributed by atoms with van der Waals surface area (Å²) >= 11 is 0. The van der Waals surface area contributed by atoms with Gasteiger partial charge in [0.2, 0.25) is 0 Å². The Kier molecular flexibility index (Phi) is 5.22. The van der Waals surface area contributed by atoms with Gasteiger partial charge in [-0.05, 0) is 33.3 Å². The molecule has 1 aromatic rings. The lowest BCUT2D eigenvalue weighted by atomic mass is 9.88. The average molecular weight is 329 g/mol. The number of aryl methyl sites for hydroxylation is 1. The largest absolute Gasteiger partial charge is 0.443 e. The molecular weight excluding hydrogens is 306 g/mol. The number of benzene rings is 1. The molecule has 24 heavy (non-hydrogen) atoms. The maximum Gasteiger partial charge on any atom is 0.417 e. The van der Waals surface area contributed by atoms with Crippen LogP contribution in [0.5, 0.6) is 0 Å². The van der Waals surface area contributed by atoms with E-state index in [0.717, 1.165) is 22.3 Å². The summed E-state index contributed by atoms with van der Waals surface area (Å²) in [4.78, 5) is 36.9. The quantitative estimate of drug-likeness (QED) is 0.795. The van der Waals surface area contributed by atoms with Crippen molar-refractivity contribution in [3.63, 3.8) is 0 Å². The molecular formula is C19H23NO4. The molecule has 0 aliphatic carbocycles. The lowest BCUT2D eigenvalue weighted by Crippen LogP contribution is -2.45. The Morgan fingerprint density at radius 3 is 2.67 bits per heavy atom. The van der Waals surface area contributed by atoms with Gasteiger partial charge < -0.3 is 9.53 Å². The normalized spacial score (nSPS) is 18.6. The molecule has 0 unspecified atom stereocenters. The molecule has 2 amide bonds. The number of imide groups is 1. The zero-order valence-corrected chi connectivity index (χ0v) is 14.5. The molecule has 0 aromatic heterocycles. The Morgan fingerprint density at radius 1 is 1.38 bits per heavy atom. The minimum absolute atomic E-state index is 0.213. The van der Waals surface area contributed by atoms with Crippen LogP contribution in [-0.2, 0) is 14.3 Å². The molecule has 0 saturated carbocycles. The first-order valence-corrected chi connectivity index (χ1v) is 7.97. The van der Waals surface area contributed by atoms with Gasteiger partial charge in [-0.15, -0.1) is 0 Å². The molecule has 0 spiro atoms. The molecule has 1 aromatic carbocycles. The maximum absolute atomic E-state index is 12.4. The van der Waals surface area contributed by atoms with Crippen LogP contribution >= 0.6 is 0 Å². The van der Waals surface area contributed by atoms with Gasteiger partial charge in [0.15, 0.2) is 0 Å². The Labute approximate surface area is 142 Å². The standard InChI is InChI=1S/C19H23NO4/c1-13-6-5-7-14(12-13)15(10-11-21)16-8-9-17(22)20(16)18(23)24-19(2,3)4/h5-9,11-12,15-16H,10H2,1-4H3/t15-,16+/m0/s1. The van der Waals surface area contributed by atoms with Gasteiger partial charge in [-0.2, -0.15) is 0 Å². The first-order chi connectivity index (χ1) is 11.2. The molecule has 0 N–H and O–H groups in total. The van der Waals surface area contributed by atoms with E-state index < -0.39 is 23.6 Å². The molecule has 1 aliphatic heterocycles. The molecule has 0 saturated heterocycles. The fraction of sp³-hybridized carbons (Fsp3) is 0.421. The highest BCUT2D eigenvalue weighted by atomic mass is 16.6. The molecule has 2 atom stereocenters. The van der Waals surface area contributed by atoms with Crippen molar-refractivity contribution in [2.24, 2.45) is 0 Å². The van der Waals surface area contributed by atoms with E-state index in [9.17, 15) is 14.4 Å². The number of nitrogens with zero attached hydrogens (tertiary/aromatic N) is 1. The number of hydrogen-bond acceptors (Lipinski definition) is 4. The highest BCUT2D eigenvalue weighted by Gasteiger charge is 2.39. The Bertz CT molecular complexity index is 672. The molecule has 5 heteroatoms. The smallest absolute Gasteiger partial charge is 0.417 e. The predicted octanol–water partition coefficient (Wildman–Crippen LogP) is 3.37. The molecule has 128 valence electrons. The Hall–Kier alpha value is -2.43. The second-order valence-electron chi connectivity index (χ2n) is 6.96. The van der Waals surface area contributed by atoms with E-state index in [1.807, 2.05) is 31.2 Å². The van der Waals surface area contributed by atoms with Crippen molar-refractivity contribution in [2.75, 3.05) is 0 Å². The Morgan fingerprint density at radius 2 is 2.08 bits per heavy atom. The molecule has 5 nitrogen and oxygen atoms in total. The van der Waals surface area contributed by atoms with E-state index in [-0.39, 0.29) is 12.3 Å². The van der Waals surface area contributed by atoms with Gasteiger partial charge in [-0.3, -0.25) is 4.79 Å². The third-order valence-electron chi connectivity index (χ3n) is 3.79. The lowest BCUT2D eigenvalue weighted by Gasteiger charge is -2.31. The highest BCUT2D eigenvalue weighted by Crippen LogP contribution is 2.32. The number of aldehydes is 1. The van der Waals surface area contributed by atoms with Crippen LogP contribution in [0, 0.1) is 6.92 Å². The van der Waals surface area contributed by atoms with Crippen molar-refractivity contribution in [2.45, 2.75) is 51.7 Å². The van der Waals surface area contributed by atoms with Crippen LogP contribution in [0.4, 0.5) is 4.79 Å². The van der Waals surface area contributed by atoms with Gasteiger partial charge in [-0.25, -0.2) is 9.69 Å². The minimum atomic E-state index is -0.700. The van der Waals surface area contributed by atoms with Gasteiger partial charge >= 0.3 is 6.09 Å². The summed E-state index contributed by atoms with van der Waals surface area (Å²) < 4.78 is 5.35. The first kappa shape index (κ1) is 17.9. The topological polar surface area (TPSA) is 63.7 Å².